The van der Waals surface area contributed by atoms with Crippen LogP contribution in [0.5, 0.6) is 0 Å². The number of carbonyl (C=O) groups is 1. The van der Waals surface area contributed by atoms with Gasteiger partial charge in [-0.15, -0.1) is 0 Å². The molecule has 3 heterocycles. The summed E-state index contributed by atoms with van der Waals surface area (Å²) >= 11 is 0. The number of rotatable bonds is 2. The van der Waals surface area contributed by atoms with E-state index in [-0.39, 0.29) is 5.91 Å². The number of nitrogens with zero attached hydrogens (tertiary/aromatic N) is 2. The molecule has 5 nitrogen and oxygen atoms in total. The molecule has 3 aromatic rings. The van der Waals surface area contributed by atoms with Crippen molar-refractivity contribution in [2.45, 2.75) is 25.2 Å². The van der Waals surface area contributed by atoms with Crippen molar-refractivity contribution in [1.29, 1.82) is 0 Å². The van der Waals surface area contributed by atoms with Gasteiger partial charge < -0.3 is 10.6 Å². The zero-order chi connectivity index (χ0) is 18.4. The standard InChI is InChI=1S/C21H21FN4O/c22-15-10-17-20-18(11-15)25-26(19(20)7-9-24-21(17)27)16-5-3-13(4-6-16)14-2-1-8-23-12-14/h3-6,10-11,14,23H,1-2,7-9,12H2,(H,24,27). The molecule has 1 atom stereocenters. The Morgan fingerprint density at radius 3 is 2.78 bits per heavy atom. The Balaban J connectivity index is 1.59. The van der Waals surface area contributed by atoms with Crippen LogP contribution < -0.4 is 10.6 Å². The molecule has 27 heavy (non-hydrogen) atoms. The maximum Gasteiger partial charge on any atom is 0.252 e. The summed E-state index contributed by atoms with van der Waals surface area (Å²) in [5.41, 5.74) is 4.11. The summed E-state index contributed by atoms with van der Waals surface area (Å²) in [7, 11) is 0. The number of benzene rings is 2. The Morgan fingerprint density at radius 2 is 2.00 bits per heavy atom. The van der Waals surface area contributed by atoms with Gasteiger partial charge in [0.15, 0.2) is 0 Å². The number of carbonyl (C=O) groups excluding carboxylic acids is 1. The largest absolute Gasteiger partial charge is 0.352 e. The molecule has 0 bridgehead atoms. The molecular formula is C21H21FN4O. The first kappa shape index (κ1) is 16.4. The fourth-order valence-corrected chi connectivity index (χ4v) is 4.29. The summed E-state index contributed by atoms with van der Waals surface area (Å²) in [5.74, 6) is -0.127. The van der Waals surface area contributed by atoms with Gasteiger partial charge >= 0.3 is 0 Å². The maximum atomic E-state index is 14.0. The molecule has 0 saturated carbocycles. The van der Waals surface area contributed by atoms with E-state index in [0.717, 1.165) is 29.9 Å². The van der Waals surface area contributed by atoms with E-state index in [0.29, 0.717) is 30.0 Å². The van der Waals surface area contributed by atoms with Gasteiger partial charge in [0.2, 0.25) is 0 Å². The van der Waals surface area contributed by atoms with E-state index < -0.39 is 5.82 Å². The minimum atomic E-state index is -0.439. The molecule has 138 valence electrons. The molecule has 1 aromatic heterocycles. The van der Waals surface area contributed by atoms with E-state index >= 15 is 0 Å². The van der Waals surface area contributed by atoms with Crippen molar-refractivity contribution >= 4 is 16.8 Å². The average Bonchev–Trinajstić information content (AvgIpc) is 2.97. The van der Waals surface area contributed by atoms with Gasteiger partial charge in [-0.2, -0.15) is 5.10 Å². The third-order valence-corrected chi connectivity index (χ3v) is 5.63. The molecule has 2 aliphatic rings. The monoisotopic (exact) mass is 364 g/mol. The topological polar surface area (TPSA) is 59.0 Å². The molecule has 2 N–H and O–H groups in total. The lowest BCUT2D eigenvalue weighted by Gasteiger charge is -2.23. The number of piperidine rings is 1. The summed E-state index contributed by atoms with van der Waals surface area (Å²) < 4.78 is 15.8. The lowest BCUT2D eigenvalue weighted by atomic mass is 9.91. The Bertz CT molecular complexity index is 1020. The molecular weight excluding hydrogens is 343 g/mol. The third-order valence-electron chi connectivity index (χ3n) is 5.63. The molecule has 1 saturated heterocycles. The molecule has 0 radical (unpaired) electrons. The second-order valence-electron chi connectivity index (χ2n) is 7.35. The van der Waals surface area contributed by atoms with Gasteiger partial charge in [-0.3, -0.25) is 4.79 Å². The Hall–Kier alpha value is -2.73. The van der Waals surface area contributed by atoms with Gasteiger partial charge in [-0.05, 0) is 49.1 Å². The van der Waals surface area contributed by atoms with Crippen LogP contribution in [0, 0.1) is 5.82 Å². The fraction of sp³-hybridized carbons (Fsp3) is 0.333. The Morgan fingerprint density at radius 1 is 1.15 bits per heavy atom. The van der Waals surface area contributed by atoms with Crippen LogP contribution >= 0.6 is 0 Å². The zero-order valence-electron chi connectivity index (χ0n) is 15.0. The first-order valence-corrected chi connectivity index (χ1v) is 9.51. The summed E-state index contributed by atoms with van der Waals surface area (Å²) in [4.78, 5) is 12.3. The predicted octanol–water partition coefficient (Wildman–Crippen LogP) is 2.92. The van der Waals surface area contributed by atoms with E-state index in [4.69, 9.17) is 0 Å². The van der Waals surface area contributed by atoms with Gasteiger partial charge in [-0.25, -0.2) is 9.07 Å². The van der Waals surface area contributed by atoms with Crippen molar-refractivity contribution < 1.29 is 9.18 Å². The molecule has 2 aliphatic heterocycles. The van der Waals surface area contributed by atoms with Crippen LogP contribution in [0.4, 0.5) is 4.39 Å². The highest BCUT2D eigenvalue weighted by molar-refractivity contribution is 6.08. The first-order valence-electron chi connectivity index (χ1n) is 9.51. The number of nitrogens with one attached hydrogen (secondary N) is 2. The smallest absolute Gasteiger partial charge is 0.252 e. The Labute approximate surface area is 156 Å². The summed E-state index contributed by atoms with van der Waals surface area (Å²) in [6, 6.07) is 11.2. The van der Waals surface area contributed by atoms with E-state index in [1.807, 2.05) is 4.68 Å². The fourth-order valence-electron chi connectivity index (χ4n) is 4.29. The first-order chi connectivity index (χ1) is 13.2. The van der Waals surface area contributed by atoms with Crippen LogP contribution in [0.15, 0.2) is 36.4 Å². The van der Waals surface area contributed by atoms with Crippen LogP contribution in [0.25, 0.3) is 16.6 Å². The molecule has 2 aromatic carbocycles. The molecule has 5 rings (SSSR count). The quantitative estimate of drug-likeness (QED) is 0.735. The summed E-state index contributed by atoms with van der Waals surface area (Å²) in [6.45, 7) is 2.64. The van der Waals surface area contributed by atoms with Crippen molar-refractivity contribution in [3.8, 4) is 5.69 Å². The second kappa shape index (κ2) is 6.46. The minimum Gasteiger partial charge on any atom is -0.352 e. The second-order valence-corrected chi connectivity index (χ2v) is 7.35. The molecule has 1 fully saturated rings. The van der Waals surface area contributed by atoms with Crippen molar-refractivity contribution in [2.24, 2.45) is 0 Å². The van der Waals surface area contributed by atoms with Crippen LogP contribution in [-0.4, -0.2) is 35.3 Å². The predicted molar refractivity (Wildman–Crippen MR) is 102 cm³/mol. The van der Waals surface area contributed by atoms with Crippen LogP contribution in [-0.2, 0) is 6.42 Å². The molecule has 0 spiro atoms. The van der Waals surface area contributed by atoms with Gasteiger partial charge in [0, 0.05) is 31.0 Å². The highest BCUT2D eigenvalue weighted by Crippen LogP contribution is 2.30. The lowest BCUT2D eigenvalue weighted by molar-refractivity contribution is 0.0956. The highest BCUT2D eigenvalue weighted by atomic mass is 19.1. The number of halogens is 1. The normalized spacial score (nSPS) is 19.7. The molecule has 1 amide bonds. The van der Waals surface area contributed by atoms with Crippen LogP contribution in [0.3, 0.4) is 0 Å². The van der Waals surface area contributed by atoms with Crippen molar-refractivity contribution in [3.63, 3.8) is 0 Å². The molecule has 0 aliphatic carbocycles. The van der Waals surface area contributed by atoms with E-state index in [1.54, 1.807) is 0 Å². The van der Waals surface area contributed by atoms with Crippen molar-refractivity contribution in [1.82, 2.24) is 20.4 Å². The maximum absolute atomic E-state index is 14.0. The number of hydrogen-bond acceptors (Lipinski definition) is 3. The average molecular weight is 364 g/mol. The number of amides is 1. The number of hydrogen-bond donors (Lipinski definition) is 2. The van der Waals surface area contributed by atoms with Crippen molar-refractivity contribution in [2.75, 3.05) is 19.6 Å². The Kier molecular flexibility index (Phi) is 3.93. The van der Waals surface area contributed by atoms with Gasteiger partial charge in [-0.1, -0.05) is 12.1 Å². The SMILES string of the molecule is O=C1NCCc2c3c1cc(F)cc3nn2-c1ccc(C2CCCNC2)cc1. The molecule has 1 unspecified atom stereocenters. The minimum absolute atomic E-state index is 0.238. The lowest BCUT2D eigenvalue weighted by Crippen LogP contribution is -2.28. The highest BCUT2D eigenvalue weighted by Gasteiger charge is 2.24. The van der Waals surface area contributed by atoms with Crippen LogP contribution in [0.2, 0.25) is 0 Å². The molecule has 6 heteroatoms. The third kappa shape index (κ3) is 2.80. The zero-order valence-corrected chi connectivity index (χ0v) is 15.0. The van der Waals surface area contributed by atoms with Crippen molar-refractivity contribution in [3.05, 3.63) is 59.0 Å². The summed E-state index contributed by atoms with van der Waals surface area (Å²) in [6.07, 6.45) is 3.07. The van der Waals surface area contributed by atoms with Gasteiger partial charge in [0.05, 0.1) is 22.5 Å². The number of aromatic nitrogens is 2. The summed E-state index contributed by atoms with van der Waals surface area (Å²) in [5, 5.41) is 11.7. The van der Waals surface area contributed by atoms with Gasteiger partial charge in [0.25, 0.3) is 5.91 Å². The van der Waals surface area contributed by atoms with Gasteiger partial charge in [0.1, 0.15) is 5.82 Å². The van der Waals surface area contributed by atoms with E-state index in [2.05, 4.69) is 40.0 Å². The van der Waals surface area contributed by atoms with E-state index in [9.17, 15) is 9.18 Å². The van der Waals surface area contributed by atoms with E-state index in [1.165, 1.54) is 30.5 Å². The van der Waals surface area contributed by atoms with Crippen LogP contribution in [0.1, 0.15) is 40.4 Å².